The Hall–Kier alpha value is -2.33. The first kappa shape index (κ1) is 28.2. The quantitative estimate of drug-likeness (QED) is 0.260. The van der Waals surface area contributed by atoms with Crippen LogP contribution in [0.5, 0.6) is 5.75 Å². The highest BCUT2D eigenvalue weighted by atomic mass is 16.5. The molecule has 1 saturated heterocycles. The van der Waals surface area contributed by atoms with E-state index in [2.05, 4.69) is 75.1 Å². The number of likely N-dealkylation sites (tertiary alicyclic amines) is 1. The predicted molar refractivity (Wildman–Crippen MR) is 151 cm³/mol. The van der Waals surface area contributed by atoms with Crippen LogP contribution in [0.15, 0.2) is 42.5 Å². The number of carbonyl (C=O) groups excluding carboxylic acids is 1. The number of nitrogens with zero attached hydrogens (tertiary/aromatic N) is 2. The van der Waals surface area contributed by atoms with Crippen molar-refractivity contribution >= 4 is 5.91 Å². The third-order valence-electron chi connectivity index (χ3n) is 7.56. The molecule has 0 aromatic heterocycles. The van der Waals surface area contributed by atoms with Gasteiger partial charge in [0.25, 0.3) is 5.91 Å². The molecule has 198 valence electrons. The average molecular weight is 493 g/mol. The lowest BCUT2D eigenvalue weighted by Crippen LogP contribution is -2.33. The SMILES string of the molecule is CCCN(CCCCc1ccc(OCCCN2CCCC2C)cc1)C(=O)c1cc(C(C)C)ccc1C. The van der Waals surface area contributed by atoms with Crippen LogP contribution < -0.4 is 4.74 Å². The summed E-state index contributed by atoms with van der Waals surface area (Å²) in [4.78, 5) is 18.0. The zero-order valence-electron chi connectivity index (χ0n) is 23.4. The van der Waals surface area contributed by atoms with E-state index in [-0.39, 0.29) is 5.91 Å². The van der Waals surface area contributed by atoms with Gasteiger partial charge in [0.05, 0.1) is 6.61 Å². The summed E-state index contributed by atoms with van der Waals surface area (Å²) in [5.41, 5.74) is 4.50. The maximum atomic E-state index is 13.3. The van der Waals surface area contributed by atoms with E-state index >= 15 is 0 Å². The average Bonchev–Trinajstić information content (AvgIpc) is 3.28. The maximum absolute atomic E-state index is 13.3. The van der Waals surface area contributed by atoms with Crippen LogP contribution >= 0.6 is 0 Å². The van der Waals surface area contributed by atoms with Crippen molar-refractivity contribution in [3.05, 3.63) is 64.7 Å². The summed E-state index contributed by atoms with van der Waals surface area (Å²) in [5, 5.41) is 0. The van der Waals surface area contributed by atoms with Crippen LogP contribution in [0.2, 0.25) is 0 Å². The van der Waals surface area contributed by atoms with E-state index in [1.165, 1.54) is 30.5 Å². The Morgan fingerprint density at radius 3 is 2.53 bits per heavy atom. The second-order valence-electron chi connectivity index (χ2n) is 10.9. The van der Waals surface area contributed by atoms with E-state index in [0.29, 0.717) is 5.92 Å². The van der Waals surface area contributed by atoms with Gasteiger partial charge < -0.3 is 14.5 Å². The number of hydrogen-bond donors (Lipinski definition) is 0. The van der Waals surface area contributed by atoms with E-state index in [0.717, 1.165) is 81.3 Å². The fourth-order valence-corrected chi connectivity index (χ4v) is 5.15. The Balaban J connectivity index is 1.41. The van der Waals surface area contributed by atoms with Crippen LogP contribution in [0.1, 0.15) is 99.2 Å². The summed E-state index contributed by atoms with van der Waals surface area (Å²) in [6, 6.07) is 15.6. The van der Waals surface area contributed by atoms with E-state index in [9.17, 15) is 4.79 Å². The van der Waals surface area contributed by atoms with Gasteiger partial charge in [-0.25, -0.2) is 0 Å². The molecule has 2 aromatic carbocycles. The van der Waals surface area contributed by atoms with Crippen molar-refractivity contribution in [1.29, 1.82) is 0 Å². The number of benzene rings is 2. The maximum Gasteiger partial charge on any atom is 0.254 e. The molecule has 0 N–H and O–H groups in total. The van der Waals surface area contributed by atoms with Gasteiger partial charge in [0.15, 0.2) is 0 Å². The van der Waals surface area contributed by atoms with Gasteiger partial charge in [-0.1, -0.05) is 45.0 Å². The van der Waals surface area contributed by atoms with Crippen LogP contribution in [-0.4, -0.2) is 54.5 Å². The van der Waals surface area contributed by atoms with Gasteiger partial charge in [-0.05, 0) is 106 Å². The van der Waals surface area contributed by atoms with Crippen LogP contribution in [0.25, 0.3) is 0 Å². The molecule has 0 spiro atoms. The molecule has 0 radical (unpaired) electrons. The molecule has 1 atom stereocenters. The summed E-state index contributed by atoms with van der Waals surface area (Å²) >= 11 is 0. The summed E-state index contributed by atoms with van der Waals surface area (Å²) in [7, 11) is 0. The highest BCUT2D eigenvalue weighted by Gasteiger charge is 2.19. The summed E-state index contributed by atoms with van der Waals surface area (Å²) in [6.45, 7) is 15.7. The lowest BCUT2D eigenvalue weighted by Gasteiger charge is -2.24. The summed E-state index contributed by atoms with van der Waals surface area (Å²) in [6.07, 6.45) is 7.86. The molecule has 3 rings (SSSR count). The van der Waals surface area contributed by atoms with Crippen LogP contribution in [-0.2, 0) is 6.42 Å². The van der Waals surface area contributed by atoms with Crippen LogP contribution in [0.3, 0.4) is 0 Å². The Morgan fingerprint density at radius 2 is 1.86 bits per heavy atom. The summed E-state index contributed by atoms with van der Waals surface area (Å²) in [5.74, 6) is 1.57. The normalized spacial score (nSPS) is 16.0. The van der Waals surface area contributed by atoms with Gasteiger partial charge in [0.1, 0.15) is 5.75 Å². The van der Waals surface area contributed by atoms with Gasteiger partial charge in [0, 0.05) is 31.2 Å². The second-order valence-corrected chi connectivity index (χ2v) is 10.9. The van der Waals surface area contributed by atoms with E-state index in [1.807, 2.05) is 11.8 Å². The number of rotatable bonds is 14. The van der Waals surface area contributed by atoms with Crippen molar-refractivity contribution in [2.45, 2.75) is 91.5 Å². The summed E-state index contributed by atoms with van der Waals surface area (Å²) < 4.78 is 5.97. The zero-order chi connectivity index (χ0) is 25.9. The van der Waals surface area contributed by atoms with Crippen LogP contribution in [0.4, 0.5) is 0 Å². The molecule has 2 aromatic rings. The minimum Gasteiger partial charge on any atom is -0.494 e. The molecular weight excluding hydrogens is 444 g/mol. The molecule has 1 amide bonds. The van der Waals surface area contributed by atoms with Gasteiger partial charge in [-0.15, -0.1) is 0 Å². The second kappa shape index (κ2) is 14.4. The highest BCUT2D eigenvalue weighted by molar-refractivity contribution is 5.95. The third-order valence-corrected chi connectivity index (χ3v) is 7.56. The molecule has 1 aliphatic heterocycles. The van der Waals surface area contributed by atoms with E-state index in [1.54, 1.807) is 0 Å². The molecule has 1 unspecified atom stereocenters. The minimum absolute atomic E-state index is 0.178. The van der Waals surface area contributed by atoms with Gasteiger partial charge in [-0.2, -0.15) is 0 Å². The van der Waals surface area contributed by atoms with Gasteiger partial charge in [-0.3, -0.25) is 4.79 Å². The molecule has 0 bridgehead atoms. The number of aryl methyl sites for hydroxylation is 2. The van der Waals surface area contributed by atoms with Gasteiger partial charge in [0.2, 0.25) is 0 Å². The Labute approximate surface area is 220 Å². The third kappa shape index (κ3) is 8.37. The number of carbonyl (C=O) groups is 1. The van der Waals surface area contributed by atoms with Crippen molar-refractivity contribution in [3.63, 3.8) is 0 Å². The van der Waals surface area contributed by atoms with E-state index < -0.39 is 0 Å². The first-order chi connectivity index (χ1) is 17.4. The molecule has 4 nitrogen and oxygen atoms in total. The topological polar surface area (TPSA) is 32.8 Å². The molecule has 1 fully saturated rings. The van der Waals surface area contributed by atoms with Gasteiger partial charge >= 0.3 is 0 Å². The van der Waals surface area contributed by atoms with Crippen molar-refractivity contribution in [1.82, 2.24) is 9.80 Å². The van der Waals surface area contributed by atoms with Crippen molar-refractivity contribution in [3.8, 4) is 5.75 Å². The lowest BCUT2D eigenvalue weighted by molar-refractivity contribution is 0.0752. The standard InChI is InChI=1S/C32H48N2O2/c1-6-19-34(32(35)31-24-29(25(2)3)16-13-26(31)4)20-8-7-12-28-14-17-30(18-15-28)36-23-10-22-33-21-9-11-27(33)5/h13-18,24-25,27H,6-12,19-23H2,1-5H3. The number of ether oxygens (including phenoxy) is 1. The fourth-order valence-electron chi connectivity index (χ4n) is 5.15. The first-order valence-electron chi connectivity index (χ1n) is 14.2. The molecule has 4 heteroatoms. The first-order valence-corrected chi connectivity index (χ1v) is 14.2. The largest absolute Gasteiger partial charge is 0.494 e. The molecule has 1 aliphatic rings. The number of unbranched alkanes of at least 4 members (excludes halogenated alkanes) is 1. The number of amides is 1. The lowest BCUT2D eigenvalue weighted by atomic mass is 9.97. The smallest absolute Gasteiger partial charge is 0.254 e. The Kier molecular flexibility index (Phi) is 11.3. The molecule has 0 aliphatic carbocycles. The Morgan fingerprint density at radius 1 is 1.08 bits per heavy atom. The van der Waals surface area contributed by atoms with Crippen molar-refractivity contribution in [2.75, 3.05) is 32.8 Å². The minimum atomic E-state index is 0.178. The molecule has 0 saturated carbocycles. The fraction of sp³-hybridized carbons (Fsp3) is 0.594. The van der Waals surface area contributed by atoms with E-state index in [4.69, 9.17) is 4.74 Å². The Bertz CT molecular complexity index is 938. The van der Waals surface area contributed by atoms with Crippen molar-refractivity contribution in [2.24, 2.45) is 0 Å². The zero-order valence-corrected chi connectivity index (χ0v) is 23.4. The number of hydrogen-bond acceptors (Lipinski definition) is 3. The molecular formula is C32H48N2O2. The highest BCUT2D eigenvalue weighted by Crippen LogP contribution is 2.21. The van der Waals surface area contributed by atoms with Crippen LogP contribution in [0, 0.1) is 6.92 Å². The predicted octanol–water partition coefficient (Wildman–Crippen LogP) is 7.25. The monoisotopic (exact) mass is 492 g/mol. The molecule has 1 heterocycles. The molecule has 36 heavy (non-hydrogen) atoms. The van der Waals surface area contributed by atoms with Crippen molar-refractivity contribution < 1.29 is 9.53 Å².